The third-order valence-electron chi connectivity index (χ3n) is 5.53. The Hall–Kier alpha value is -2.42. The van der Waals surface area contributed by atoms with Gasteiger partial charge in [-0.2, -0.15) is 12.6 Å². The predicted octanol–water partition coefficient (Wildman–Crippen LogP) is 4.97. The van der Waals surface area contributed by atoms with E-state index in [-0.39, 0.29) is 17.4 Å². The number of alkyl carbamates (subject to hydrolysis) is 1. The molecule has 0 aliphatic heterocycles. The first-order chi connectivity index (χ1) is 17.0. The number of unbranched alkanes of at least 4 members (excludes halogenated alkanes) is 5. The lowest BCUT2D eigenvalue weighted by Gasteiger charge is -2.34. The van der Waals surface area contributed by atoms with Gasteiger partial charge in [-0.15, -0.1) is 0 Å². The van der Waals surface area contributed by atoms with Crippen LogP contribution in [0.4, 0.5) is 4.79 Å². The summed E-state index contributed by atoms with van der Waals surface area (Å²) in [7, 11) is 0. The molecule has 1 aromatic carbocycles. The van der Waals surface area contributed by atoms with Crippen molar-refractivity contribution in [2.75, 3.05) is 18.8 Å². The van der Waals surface area contributed by atoms with Gasteiger partial charge in [0.25, 0.3) is 0 Å². The highest BCUT2D eigenvalue weighted by atomic mass is 32.1. The van der Waals surface area contributed by atoms with Gasteiger partial charge in [-0.05, 0) is 51.3 Å². The van der Waals surface area contributed by atoms with Gasteiger partial charge in [0.05, 0.1) is 0 Å². The van der Waals surface area contributed by atoms with Gasteiger partial charge in [-0.3, -0.25) is 9.59 Å². The van der Waals surface area contributed by atoms with Crippen LogP contribution in [0.25, 0.3) is 0 Å². The molecule has 0 aliphatic rings. The molecule has 36 heavy (non-hydrogen) atoms. The predicted molar refractivity (Wildman–Crippen MR) is 146 cm³/mol. The molecule has 0 fully saturated rings. The number of thiol groups is 1. The molecule has 3 N–H and O–H groups in total. The Labute approximate surface area is 222 Å². The van der Waals surface area contributed by atoms with E-state index < -0.39 is 29.7 Å². The van der Waals surface area contributed by atoms with Crippen LogP contribution >= 0.6 is 12.6 Å². The lowest BCUT2D eigenvalue weighted by atomic mass is 10.0. The maximum Gasteiger partial charge on any atom is 0.408 e. The van der Waals surface area contributed by atoms with Crippen molar-refractivity contribution in [1.29, 1.82) is 0 Å². The highest BCUT2D eigenvalue weighted by Crippen LogP contribution is 2.26. The lowest BCUT2D eigenvalue weighted by Crippen LogP contribution is -2.54. The van der Waals surface area contributed by atoms with E-state index in [1.165, 1.54) is 17.0 Å². The van der Waals surface area contributed by atoms with Gasteiger partial charge in [0, 0.05) is 18.8 Å². The number of aromatic hydroxyl groups is 1. The van der Waals surface area contributed by atoms with Crippen molar-refractivity contribution in [3.8, 4) is 5.75 Å². The second-order valence-corrected chi connectivity index (χ2v) is 10.3. The molecular formula is C27H45N3O5S. The number of hydrogen-bond donors (Lipinski definition) is 4. The molecule has 0 saturated carbocycles. The summed E-state index contributed by atoms with van der Waals surface area (Å²) in [6.07, 6.45) is 5.84. The van der Waals surface area contributed by atoms with Crippen LogP contribution < -0.4 is 10.6 Å². The van der Waals surface area contributed by atoms with Crippen molar-refractivity contribution in [2.45, 2.75) is 97.2 Å². The molecule has 0 bridgehead atoms. The molecule has 2 unspecified atom stereocenters. The maximum absolute atomic E-state index is 13.8. The Morgan fingerprint density at radius 1 is 1.06 bits per heavy atom. The maximum atomic E-state index is 13.8. The zero-order chi connectivity index (χ0) is 27.1. The average Bonchev–Trinajstić information content (AvgIpc) is 2.80. The first-order valence-corrected chi connectivity index (χ1v) is 13.6. The molecule has 2 atom stereocenters. The summed E-state index contributed by atoms with van der Waals surface area (Å²) in [4.78, 5) is 41.1. The molecule has 204 valence electrons. The average molecular weight is 524 g/mol. The zero-order valence-corrected chi connectivity index (χ0v) is 23.4. The third kappa shape index (κ3) is 11.5. The minimum absolute atomic E-state index is 0.00632. The van der Waals surface area contributed by atoms with E-state index >= 15 is 0 Å². The topological polar surface area (TPSA) is 108 Å². The Morgan fingerprint density at radius 2 is 1.72 bits per heavy atom. The van der Waals surface area contributed by atoms with Crippen molar-refractivity contribution in [3.63, 3.8) is 0 Å². The van der Waals surface area contributed by atoms with Crippen molar-refractivity contribution in [3.05, 3.63) is 29.8 Å². The fourth-order valence-corrected chi connectivity index (χ4v) is 3.99. The van der Waals surface area contributed by atoms with Crippen LogP contribution in [0.1, 0.15) is 91.2 Å². The summed E-state index contributed by atoms with van der Waals surface area (Å²) in [6.45, 7) is 10.2. The number of carbonyl (C=O) groups is 3. The number of phenolic OH excluding ortho intramolecular Hbond substituents is 1. The Morgan fingerprint density at radius 3 is 2.31 bits per heavy atom. The summed E-state index contributed by atoms with van der Waals surface area (Å²) in [6, 6.07) is 4.44. The van der Waals surface area contributed by atoms with Crippen LogP contribution in [0, 0.1) is 0 Å². The van der Waals surface area contributed by atoms with Crippen molar-refractivity contribution in [1.82, 2.24) is 15.5 Å². The van der Waals surface area contributed by atoms with Gasteiger partial charge in [-0.1, -0.05) is 58.1 Å². The van der Waals surface area contributed by atoms with Crippen molar-refractivity contribution < 1.29 is 24.2 Å². The first kappa shape index (κ1) is 31.6. The number of carbonyl (C=O) groups excluding carboxylic acids is 3. The van der Waals surface area contributed by atoms with E-state index in [1.807, 2.05) is 6.92 Å². The minimum Gasteiger partial charge on any atom is -0.508 e. The first-order valence-electron chi connectivity index (χ1n) is 13.0. The number of phenols is 1. The molecule has 9 heteroatoms. The van der Waals surface area contributed by atoms with Crippen molar-refractivity contribution in [2.24, 2.45) is 0 Å². The summed E-state index contributed by atoms with van der Waals surface area (Å²) < 4.78 is 5.33. The Bertz CT molecular complexity index is 828. The minimum atomic E-state index is -0.984. The molecule has 3 amide bonds. The number of ether oxygens (including phenoxy) is 1. The summed E-state index contributed by atoms with van der Waals surface area (Å²) in [5, 5.41) is 15.7. The van der Waals surface area contributed by atoms with Crippen LogP contribution in [-0.2, 0) is 14.3 Å². The Balaban J connectivity index is 3.31. The number of nitrogens with zero attached hydrogens (tertiary/aromatic N) is 1. The van der Waals surface area contributed by atoms with Crippen LogP contribution in [0.2, 0.25) is 0 Å². The molecule has 0 spiro atoms. The molecule has 0 radical (unpaired) electrons. The quantitative estimate of drug-likeness (QED) is 0.192. The normalized spacial score (nSPS) is 12.9. The highest BCUT2D eigenvalue weighted by Gasteiger charge is 2.35. The fourth-order valence-electron chi connectivity index (χ4n) is 3.74. The van der Waals surface area contributed by atoms with Crippen LogP contribution in [0.5, 0.6) is 5.75 Å². The smallest absolute Gasteiger partial charge is 0.408 e. The summed E-state index contributed by atoms with van der Waals surface area (Å²) >= 11 is 4.31. The fraction of sp³-hybridized carbons (Fsp3) is 0.667. The Kier molecular flexibility index (Phi) is 14.4. The summed E-state index contributed by atoms with van der Waals surface area (Å²) in [5.41, 5.74) is -0.225. The van der Waals surface area contributed by atoms with Crippen molar-refractivity contribution >= 4 is 30.5 Å². The molecule has 1 aromatic rings. The molecule has 1 rings (SSSR count). The molecule has 0 aliphatic carbocycles. The van der Waals surface area contributed by atoms with Gasteiger partial charge in [-0.25, -0.2) is 4.79 Å². The van der Waals surface area contributed by atoms with Crippen LogP contribution in [0.3, 0.4) is 0 Å². The highest BCUT2D eigenvalue weighted by molar-refractivity contribution is 7.80. The van der Waals surface area contributed by atoms with Gasteiger partial charge < -0.3 is 25.4 Å². The monoisotopic (exact) mass is 523 g/mol. The number of hydrogen-bond acceptors (Lipinski definition) is 6. The second-order valence-electron chi connectivity index (χ2n) is 9.97. The van der Waals surface area contributed by atoms with Gasteiger partial charge in [0.15, 0.2) is 0 Å². The standard InChI is InChI=1S/C27H45N3O5S/c1-6-8-10-11-12-17-30(25(33)22(19-36)29-26(34)35-27(3,4)5)23(24(32)28-16-9-7-2)20-14-13-15-21(31)18-20/h13-15,18,22-23,31,36H,6-12,16-17,19H2,1-5H3,(H,28,32)(H,29,34). The molecule has 0 saturated heterocycles. The van der Waals surface area contributed by atoms with Gasteiger partial charge in [0.2, 0.25) is 11.8 Å². The van der Waals surface area contributed by atoms with E-state index in [9.17, 15) is 19.5 Å². The van der Waals surface area contributed by atoms with Crippen LogP contribution in [-0.4, -0.2) is 58.4 Å². The number of amides is 3. The van der Waals surface area contributed by atoms with E-state index in [0.717, 1.165) is 38.5 Å². The number of rotatable bonds is 15. The van der Waals surface area contributed by atoms with Gasteiger partial charge in [0.1, 0.15) is 23.4 Å². The molecule has 8 nitrogen and oxygen atoms in total. The van der Waals surface area contributed by atoms with E-state index in [1.54, 1.807) is 32.9 Å². The molecule has 0 aromatic heterocycles. The zero-order valence-electron chi connectivity index (χ0n) is 22.5. The van der Waals surface area contributed by atoms with Gasteiger partial charge >= 0.3 is 6.09 Å². The van der Waals surface area contributed by atoms with E-state index in [0.29, 0.717) is 25.1 Å². The third-order valence-corrected chi connectivity index (χ3v) is 5.90. The SMILES string of the molecule is CCCCCCCN(C(=O)C(CS)NC(=O)OC(C)(C)C)C(C(=O)NCCCC)c1cccc(O)c1. The summed E-state index contributed by atoms with van der Waals surface area (Å²) in [5.74, 6) is -0.711. The molecule has 0 heterocycles. The lowest BCUT2D eigenvalue weighted by molar-refractivity contribution is -0.142. The largest absolute Gasteiger partial charge is 0.508 e. The molecular weight excluding hydrogens is 478 g/mol. The number of benzene rings is 1. The van der Waals surface area contributed by atoms with E-state index in [4.69, 9.17) is 4.74 Å². The van der Waals surface area contributed by atoms with Crippen LogP contribution in [0.15, 0.2) is 24.3 Å². The van der Waals surface area contributed by atoms with E-state index in [2.05, 4.69) is 30.2 Å². The second kappa shape index (κ2) is 16.3. The number of nitrogens with one attached hydrogen (secondary N) is 2.